The van der Waals surface area contributed by atoms with Gasteiger partial charge < -0.3 is 19.7 Å². The molecule has 1 aromatic heterocycles. The van der Waals surface area contributed by atoms with E-state index in [4.69, 9.17) is 4.74 Å². The first-order chi connectivity index (χ1) is 12.0. The lowest BCUT2D eigenvalue weighted by Crippen LogP contribution is -2.40. The maximum Gasteiger partial charge on any atom is 0.313 e. The minimum atomic E-state index is -0.986. The van der Waals surface area contributed by atoms with Gasteiger partial charge in [0.05, 0.1) is 13.0 Å². The summed E-state index contributed by atoms with van der Waals surface area (Å²) in [6.07, 6.45) is 3.51. The van der Waals surface area contributed by atoms with Gasteiger partial charge in [0.2, 0.25) is 5.91 Å². The zero-order valence-electron chi connectivity index (χ0n) is 14.7. The monoisotopic (exact) mass is 344 g/mol. The van der Waals surface area contributed by atoms with Crippen LogP contribution in [0.3, 0.4) is 0 Å². The van der Waals surface area contributed by atoms with E-state index in [9.17, 15) is 14.7 Å². The molecule has 6 nitrogen and oxygen atoms in total. The van der Waals surface area contributed by atoms with Crippen LogP contribution in [0.25, 0.3) is 10.9 Å². The third-order valence-electron chi connectivity index (χ3n) is 5.19. The Balaban J connectivity index is 1.76. The molecule has 3 rings (SSSR count). The van der Waals surface area contributed by atoms with Crippen LogP contribution in [0.4, 0.5) is 0 Å². The number of benzene rings is 1. The van der Waals surface area contributed by atoms with Gasteiger partial charge in [0, 0.05) is 37.3 Å². The molecule has 1 aliphatic rings. The number of ether oxygens (including phenoxy) is 1. The zero-order valence-corrected chi connectivity index (χ0v) is 14.7. The molecule has 0 saturated carbocycles. The van der Waals surface area contributed by atoms with E-state index in [0.717, 1.165) is 22.9 Å². The molecule has 134 valence electrons. The predicted octanol–water partition coefficient (Wildman–Crippen LogP) is 2.22. The summed E-state index contributed by atoms with van der Waals surface area (Å²) in [5.74, 6) is -0.939. The molecule has 1 fully saturated rings. The molecule has 2 heterocycles. The number of nitrogens with one attached hydrogen (secondary N) is 1. The number of aromatic amines is 1. The molecule has 25 heavy (non-hydrogen) atoms. The number of H-pyrrole nitrogens is 1. The van der Waals surface area contributed by atoms with Gasteiger partial charge >= 0.3 is 5.97 Å². The summed E-state index contributed by atoms with van der Waals surface area (Å²) in [7, 11) is 1.49. The Morgan fingerprint density at radius 2 is 2.16 bits per heavy atom. The van der Waals surface area contributed by atoms with Gasteiger partial charge in [0.1, 0.15) is 5.41 Å². The normalized spacial score (nSPS) is 20.3. The summed E-state index contributed by atoms with van der Waals surface area (Å²) in [5.41, 5.74) is 2.27. The van der Waals surface area contributed by atoms with Crippen molar-refractivity contribution >= 4 is 22.8 Å². The van der Waals surface area contributed by atoms with Crippen molar-refractivity contribution < 1.29 is 19.4 Å². The number of hydrogen-bond acceptors (Lipinski definition) is 3. The highest BCUT2D eigenvalue weighted by atomic mass is 16.5. The minimum absolute atomic E-state index is 0.0398. The van der Waals surface area contributed by atoms with Crippen LogP contribution in [0, 0.1) is 5.41 Å². The molecule has 1 aliphatic heterocycles. The van der Waals surface area contributed by atoms with Crippen LogP contribution in [-0.4, -0.2) is 53.7 Å². The highest BCUT2D eigenvalue weighted by Crippen LogP contribution is 2.32. The van der Waals surface area contributed by atoms with Gasteiger partial charge in [-0.15, -0.1) is 0 Å². The average molecular weight is 344 g/mol. The van der Waals surface area contributed by atoms with Crippen LogP contribution in [0.1, 0.15) is 24.5 Å². The summed E-state index contributed by atoms with van der Waals surface area (Å²) in [6.45, 7) is 2.89. The van der Waals surface area contributed by atoms with Gasteiger partial charge in [-0.1, -0.05) is 25.1 Å². The number of carboxylic acid groups (broad SMARTS) is 1. The number of fused-ring (bicyclic) bond motifs is 1. The zero-order chi connectivity index (χ0) is 18.0. The molecule has 0 spiro atoms. The topological polar surface area (TPSA) is 82.6 Å². The first-order valence-corrected chi connectivity index (χ1v) is 8.58. The number of nitrogens with zero attached hydrogens (tertiary/aromatic N) is 1. The third-order valence-corrected chi connectivity index (χ3v) is 5.19. The van der Waals surface area contributed by atoms with E-state index in [0.29, 0.717) is 13.0 Å². The fourth-order valence-electron chi connectivity index (χ4n) is 3.71. The molecule has 2 aromatic rings. The number of hydrogen-bond donors (Lipinski definition) is 2. The second-order valence-corrected chi connectivity index (χ2v) is 6.77. The van der Waals surface area contributed by atoms with E-state index in [1.807, 2.05) is 18.3 Å². The molecular weight excluding hydrogens is 320 g/mol. The minimum Gasteiger partial charge on any atom is -0.481 e. The Labute approximate surface area is 146 Å². The van der Waals surface area contributed by atoms with E-state index in [2.05, 4.69) is 18.0 Å². The van der Waals surface area contributed by atoms with Gasteiger partial charge in [-0.3, -0.25) is 9.59 Å². The molecule has 0 radical (unpaired) electrons. The van der Waals surface area contributed by atoms with Crippen LogP contribution >= 0.6 is 0 Å². The Hall–Kier alpha value is -2.34. The number of methoxy groups -OCH3 is 1. The highest BCUT2D eigenvalue weighted by molar-refractivity contribution is 5.91. The summed E-state index contributed by atoms with van der Waals surface area (Å²) in [4.78, 5) is 29.2. The van der Waals surface area contributed by atoms with Crippen molar-refractivity contribution in [3.05, 3.63) is 35.5 Å². The standard InChI is InChI=1S/C19H24N2O4/c1-3-13-5-4-6-15-14(10-20-17(13)15)9-16(22)21-8-7-19(11-21,12-25-2)18(23)24/h4-6,10,20H,3,7-9,11-12H2,1-2H3,(H,23,24). The van der Waals surface area contributed by atoms with Gasteiger partial charge in [-0.05, 0) is 24.0 Å². The van der Waals surface area contributed by atoms with Crippen LogP contribution < -0.4 is 0 Å². The summed E-state index contributed by atoms with van der Waals surface area (Å²) >= 11 is 0. The number of rotatable bonds is 6. The molecule has 0 bridgehead atoms. The van der Waals surface area contributed by atoms with E-state index >= 15 is 0 Å². The van der Waals surface area contributed by atoms with Crippen molar-refractivity contribution in [2.75, 3.05) is 26.8 Å². The number of carbonyl (C=O) groups is 2. The molecular formula is C19H24N2O4. The third kappa shape index (κ3) is 3.14. The lowest BCUT2D eigenvalue weighted by Gasteiger charge is -2.23. The van der Waals surface area contributed by atoms with Gasteiger partial charge in [-0.2, -0.15) is 0 Å². The van der Waals surface area contributed by atoms with E-state index in [1.165, 1.54) is 12.7 Å². The fourth-order valence-corrected chi connectivity index (χ4v) is 3.71. The number of amides is 1. The molecule has 2 N–H and O–H groups in total. The smallest absolute Gasteiger partial charge is 0.313 e. The molecule has 1 amide bonds. The fraction of sp³-hybridized carbons (Fsp3) is 0.474. The summed E-state index contributed by atoms with van der Waals surface area (Å²) in [5, 5.41) is 10.6. The second kappa shape index (κ2) is 6.88. The maximum absolute atomic E-state index is 12.7. The molecule has 1 unspecified atom stereocenters. The highest BCUT2D eigenvalue weighted by Gasteiger charge is 2.46. The van der Waals surface area contributed by atoms with Crippen molar-refractivity contribution in [2.45, 2.75) is 26.2 Å². The number of aromatic nitrogens is 1. The van der Waals surface area contributed by atoms with E-state index in [-0.39, 0.29) is 25.5 Å². The van der Waals surface area contributed by atoms with Crippen LogP contribution in [-0.2, 0) is 27.2 Å². The van der Waals surface area contributed by atoms with Crippen molar-refractivity contribution in [2.24, 2.45) is 5.41 Å². The Kier molecular flexibility index (Phi) is 4.81. The lowest BCUT2D eigenvalue weighted by molar-refractivity contribution is -0.151. The molecule has 1 atom stereocenters. The van der Waals surface area contributed by atoms with Crippen LogP contribution in [0.2, 0.25) is 0 Å². The molecule has 1 saturated heterocycles. The van der Waals surface area contributed by atoms with Crippen LogP contribution in [0.5, 0.6) is 0 Å². The number of para-hydroxylation sites is 1. The van der Waals surface area contributed by atoms with Crippen molar-refractivity contribution in [1.29, 1.82) is 0 Å². The summed E-state index contributed by atoms with van der Waals surface area (Å²) < 4.78 is 5.08. The lowest BCUT2D eigenvalue weighted by atomic mass is 9.88. The Bertz CT molecular complexity index is 798. The van der Waals surface area contributed by atoms with Gasteiger partial charge in [0.25, 0.3) is 0 Å². The van der Waals surface area contributed by atoms with Crippen molar-refractivity contribution in [1.82, 2.24) is 9.88 Å². The van der Waals surface area contributed by atoms with Gasteiger partial charge in [-0.25, -0.2) is 0 Å². The molecule has 6 heteroatoms. The van der Waals surface area contributed by atoms with E-state index < -0.39 is 11.4 Å². The maximum atomic E-state index is 12.7. The molecule has 0 aliphatic carbocycles. The quantitative estimate of drug-likeness (QED) is 0.842. The number of carbonyl (C=O) groups excluding carboxylic acids is 1. The predicted molar refractivity (Wildman–Crippen MR) is 94.5 cm³/mol. The number of aliphatic carboxylic acids is 1. The summed E-state index contributed by atoms with van der Waals surface area (Å²) in [6, 6.07) is 6.10. The Morgan fingerprint density at radius 3 is 2.84 bits per heavy atom. The van der Waals surface area contributed by atoms with E-state index in [1.54, 1.807) is 4.90 Å². The average Bonchev–Trinajstić information content (AvgIpc) is 3.21. The van der Waals surface area contributed by atoms with Crippen molar-refractivity contribution in [3.63, 3.8) is 0 Å². The largest absolute Gasteiger partial charge is 0.481 e. The number of aryl methyl sites for hydroxylation is 1. The SMILES string of the molecule is CCc1cccc2c(CC(=O)N3CCC(COC)(C(=O)O)C3)c[nH]c12. The number of carboxylic acids is 1. The van der Waals surface area contributed by atoms with Crippen molar-refractivity contribution in [3.8, 4) is 0 Å². The first-order valence-electron chi connectivity index (χ1n) is 8.58. The van der Waals surface area contributed by atoms with Gasteiger partial charge in [0.15, 0.2) is 0 Å². The second-order valence-electron chi connectivity index (χ2n) is 6.77. The van der Waals surface area contributed by atoms with Crippen LogP contribution in [0.15, 0.2) is 24.4 Å². The molecule has 1 aromatic carbocycles. The Morgan fingerprint density at radius 1 is 1.36 bits per heavy atom. The first kappa shape index (κ1) is 17.5. The number of likely N-dealkylation sites (tertiary alicyclic amines) is 1.